The van der Waals surface area contributed by atoms with Crippen LogP contribution < -0.4 is 14.8 Å². The van der Waals surface area contributed by atoms with Gasteiger partial charge in [0.05, 0.1) is 30.6 Å². The molecule has 1 fully saturated rings. The van der Waals surface area contributed by atoms with Crippen molar-refractivity contribution in [2.75, 3.05) is 25.1 Å². The molecule has 0 aliphatic carbocycles. The number of nitrogens with zero attached hydrogens (tertiary/aromatic N) is 2. The average Bonchev–Trinajstić information content (AvgIpc) is 2.91. The van der Waals surface area contributed by atoms with Crippen molar-refractivity contribution in [1.29, 1.82) is 0 Å². The number of rotatable bonds is 3. The number of likely N-dealkylation sites (tertiary alicyclic amines) is 1. The first kappa shape index (κ1) is 26.6. The number of hydrogen-bond acceptors (Lipinski definition) is 8. The summed E-state index contributed by atoms with van der Waals surface area (Å²) in [6.45, 7) is 6.69. The Morgan fingerprint density at radius 2 is 1.92 bits per heavy atom. The quantitative estimate of drug-likeness (QED) is 0.452. The highest BCUT2D eigenvalue weighted by Crippen LogP contribution is 2.37. The Bertz CT molecular complexity index is 1320. The van der Waals surface area contributed by atoms with Gasteiger partial charge >= 0.3 is 12.1 Å². The molecule has 1 saturated heterocycles. The van der Waals surface area contributed by atoms with E-state index in [-0.39, 0.29) is 12.6 Å². The molecule has 3 heterocycles. The van der Waals surface area contributed by atoms with Gasteiger partial charge < -0.3 is 24.3 Å². The lowest BCUT2D eigenvalue weighted by Gasteiger charge is -2.39. The van der Waals surface area contributed by atoms with Gasteiger partial charge in [-0.1, -0.05) is 30.3 Å². The van der Waals surface area contributed by atoms with E-state index in [1.54, 1.807) is 6.20 Å². The van der Waals surface area contributed by atoms with Crippen LogP contribution in [0.5, 0.6) is 11.5 Å². The van der Waals surface area contributed by atoms with Gasteiger partial charge in [0, 0.05) is 24.4 Å². The molecule has 206 valence electrons. The number of hydrogen-bond donors (Lipinski definition) is 1. The molecule has 4 bridgehead atoms. The van der Waals surface area contributed by atoms with Crippen molar-refractivity contribution in [3.63, 3.8) is 0 Å². The molecule has 2 aromatic carbocycles. The topological polar surface area (TPSA) is 99.2 Å². The second-order valence-corrected chi connectivity index (χ2v) is 10.9. The standard InChI is InChI=1S/C30H35N3O6/c1-30(2,3)39-29(35)33-13-12-21-17-25(33)28(34)37-15-7-14-36-27-23-16-22(32-21)18-31-24(23)10-11-26(27)38-19-20-8-5-4-6-9-20/h4-6,8-11,16,18,21,25,32H,7,12-15,17,19H2,1-3H3/t21-,25-/m0/s1. The summed E-state index contributed by atoms with van der Waals surface area (Å²) in [5, 5.41) is 4.34. The van der Waals surface area contributed by atoms with Crippen molar-refractivity contribution in [1.82, 2.24) is 9.88 Å². The number of carbonyl (C=O) groups excluding carboxylic acids is 2. The second kappa shape index (κ2) is 11.4. The third kappa shape index (κ3) is 6.53. The fraction of sp³-hybridized carbons (Fsp3) is 0.433. The van der Waals surface area contributed by atoms with Gasteiger partial charge in [0.1, 0.15) is 18.2 Å². The van der Waals surface area contributed by atoms with Gasteiger partial charge in [-0.2, -0.15) is 0 Å². The maximum Gasteiger partial charge on any atom is 0.411 e. The number of piperidine rings is 1. The molecule has 1 amide bonds. The van der Waals surface area contributed by atoms with Crippen LogP contribution in [-0.2, 0) is 20.9 Å². The number of cyclic esters (lactones) is 1. The van der Waals surface area contributed by atoms with E-state index in [1.807, 2.05) is 69.3 Å². The third-order valence-corrected chi connectivity index (χ3v) is 6.67. The van der Waals surface area contributed by atoms with E-state index in [0.717, 1.165) is 22.2 Å². The molecular formula is C30H35N3O6. The number of esters is 1. The zero-order valence-electron chi connectivity index (χ0n) is 22.6. The molecule has 0 radical (unpaired) electrons. The molecule has 2 aliphatic heterocycles. The lowest BCUT2D eigenvalue weighted by Crippen LogP contribution is -2.54. The molecule has 9 nitrogen and oxygen atoms in total. The Labute approximate surface area is 228 Å². The minimum absolute atomic E-state index is 0.0645. The first-order chi connectivity index (χ1) is 18.8. The molecule has 0 saturated carbocycles. The third-order valence-electron chi connectivity index (χ3n) is 6.67. The number of fused-ring (bicyclic) bond motifs is 3. The summed E-state index contributed by atoms with van der Waals surface area (Å²) in [5.74, 6) is 0.797. The molecule has 3 aromatic rings. The monoisotopic (exact) mass is 533 g/mol. The summed E-state index contributed by atoms with van der Waals surface area (Å²) >= 11 is 0. The predicted octanol–water partition coefficient (Wildman–Crippen LogP) is 5.32. The van der Waals surface area contributed by atoms with Crippen LogP contribution >= 0.6 is 0 Å². The zero-order chi connectivity index (χ0) is 27.4. The van der Waals surface area contributed by atoms with Crippen LogP contribution in [0, 0.1) is 0 Å². The minimum Gasteiger partial charge on any atom is -0.489 e. The first-order valence-electron chi connectivity index (χ1n) is 13.4. The molecule has 5 rings (SSSR count). The van der Waals surface area contributed by atoms with Gasteiger partial charge in [0.2, 0.25) is 0 Å². The SMILES string of the molecule is CC(C)(C)OC(=O)N1CC[C@H]2C[C@H]1C(=O)OCCCOc1c(OCc3ccccc3)ccc3ncc(cc13)N2. The van der Waals surface area contributed by atoms with Crippen molar-refractivity contribution in [3.05, 3.63) is 60.3 Å². The average molecular weight is 534 g/mol. The van der Waals surface area contributed by atoms with E-state index in [0.29, 0.717) is 50.5 Å². The molecule has 2 aliphatic rings. The molecule has 39 heavy (non-hydrogen) atoms. The van der Waals surface area contributed by atoms with E-state index >= 15 is 0 Å². The largest absolute Gasteiger partial charge is 0.489 e. The predicted molar refractivity (Wildman–Crippen MR) is 147 cm³/mol. The van der Waals surface area contributed by atoms with Gasteiger partial charge in [0.15, 0.2) is 11.5 Å². The van der Waals surface area contributed by atoms with Gasteiger partial charge in [-0.25, -0.2) is 9.59 Å². The van der Waals surface area contributed by atoms with Crippen LogP contribution in [0.3, 0.4) is 0 Å². The smallest absolute Gasteiger partial charge is 0.411 e. The normalized spacial score (nSPS) is 19.9. The molecule has 1 aromatic heterocycles. The van der Waals surface area contributed by atoms with Crippen LogP contribution in [0.1, 0.15) is 45.6 Å². The number of pyridine rings is 1. The Hall–Kier alpha value is -4.01. The van der Waals surface area contributed by atoms with Crippen molar-refractivity contribution in [3.8, 4) is 11.5 Å². The molecule has 9 heteroatoms. The number of aromatic nitrogens is 1. The maximum absolute atomic E-state index is 13.1. The fourth-order valence-electron chi connectivity index (χ4n) is 4.83. The van der Waals surface area contributed by atoms with Crippen molar-refractivity contribution < 1.29 is 28.5 Å². The van der Waals surface area contributed by atoms with Crippen molar-refractivity contribution in [2.24, 2.45) is 0 Å². The van der Waals surface area contributed by atoms with E-state index in [2.05, 4.69) is 10.3 Å². The lowest BCUT2D eigenvalue weighted by atomic mass is 9.97. The maximum atomic E-state index is 13.1. The second-order valence-electron chi connectivity index (χ2n) is 10.9. The van der Waals surface area contributed by atoms with E-state index in [9.17, 15) is 9.59 Å². The number of nitrogens with one attached hydrogen (secondary N) is 1. The summed E-state index contributed by atoms with van der Waals surface area (Å²) in [5.41, 5.74) is 1.98. The lowest BCUT2D eigenvalue weighted by molar-refractivity contribution is -0.151. The summed E-state index contributed by atoms with van der Waals surface area (Å²) in [4.78, 5) is 32.1. The Balaban J connectivity index is 1.41. The molecule has 2 atom stereocenters. The summed E-state index contributed by atoms with van der Waals surface area (Å²) in [6.07, 6.45) is 2.79. The summed E-state index contributed by atoms with van der Waals surface area (Å²) in [7, 11) is 0. The number of anilines is 1. The highest BCUT2D eigenvalue weighted by atomic mass is 16.6. The van der Waals surface area contributed by atoms with E-state index in [4.69, 9.17) is 18.9 Å². The van der Waals surface area contributed by atoms with Gasteiger partial charge in [0.25, 0.3) is 0 Å². The Morgan fingerprint density at radius 3 is 2.72 bits per heavy atom. The first-order valence-corrected chi connectivity index (χ1v) is 13.4. The van der Waals surface area contributed by atoms with Crippen LogP contribution in [0.4, 0.5) is 10.5 Å². The van der Waals surface area contributed by atoms with E-state index < -0.39 is 23.7 Å². The van der Waals surface area contributed by atoms with Crippen LogP contribution in [-0.4, -0.2) is 59.4 Å². The molecule has 0 unspecified atom stereocenters. The minimum atomic E-state index is -0.739. The zero-order valence-corrected chi connectivity index (χ0v) is 22.6. The van der Waals surface area contributed by atoms with Crippen molar-refractivity contribution >= 4 is 28.7 Å². The number of ether oxygens (including phenoxy) is 4. The van der Waals surface area contributed by atoms with Crippen LogP contribution in [0.15, 0.2) is 54.7 Å². The number of amides is 1. The van der Waals surface area contributed by atoms with Gasteiger partial charge in [-0.05, 0) is 57.4 Å². The highest BCUT2D eigenvalue weighted by Gasteiger charge is 2.39. The van der Waals surface area contributed by atoms with Crippen LogP contribution in [0.25, 0.3) is 10.9 Å². The van der Waals surface area contributed by atoms with Gasteiger partial charge in [-0.15, -0.1) is 0 Å². The Morgan fingerprint density at radius 1 is 1.13 bits per heavy atom. The van der Waals surface area contributed by atoms with Crippen molar-refractivity contribution in [2.45, 2.75) is 64.3 Å². The van der Waals surface area contributed by atoms with Gasteiger partial charge in [-0.3, -0.25) is 9.88 Å². The molecular weight excluding hydrogens is 498 g/mol. The van der Waals surface area contributed by atoms with Crippen LogP contribution in [0.2, 0.25) is 0 Å². The highest BCUT2D eigenvalue weighted by molar-refractivity contribution is 5.90. The Kier molecular flexibility index (Phi) is 7.77. The number of carbonyl (C=O) groups is 2. The summed E-state index contributed by atoms with van der Waals surface area (Å²) < 4.78 is 23.5. The fourth-order valence-corrected chi connectivity index (χ4v) is 4.83. The van der Waals surface area contributed by atoms with E-state index in [1.165, 1.54) is 4.90 Å². The molecule has 0 spiro atoms. The molecule has 1 N–H and O–H groups in total. The summed E-state index contributed by atoms with van der Waals surface area (Å²) in [6, 6.07) is 15.0. The number of benzene rings is 2.